The van der Waals surface area contributed by atoms with Crippen LogP contribution < -0.4 is 14.2 Å². The average molecular weight is 326 g/mol. The summed E-state index contributed by atoms with van der Waals surface area (Å²) in [6.45, 7) is 3.92. The number of carbonyl (C=O) groups excluding carboxylic acids is 1. The predicted octanol–water partition coefficient (Wildman–Crippen LogP) is 4.39. The van der Waals surface area contributed by atoms with Crippen LogP contribution in [-0.4, -0.2) is 26.1 Å². The fourth-order valence-electron chi connectivity index (χ4n) is 2.16. The molecule has 0 unspecified atom stereocenters. The molecule has 0 saturated carbocycles. The third-order valence-electron chi connectivity index (χ3n) is 3.35. The SMILES string of the molecule is COc1ccc(C(=O)/C=C/c2ccc(OC(C)C)c(OC)c2)cc1. The van der Waals surface area contributed by atoms with E-state index in [9.17, 15) is 4.79 Å². The number of allylic oxidation sites excluding steroid dienone is 1. The molecule has 2 rings (SSSR count). The van der Waals surface area contributed by atoms with Gasteiger partial charge in [0.2, 0.25) is 0 Å². The Morgan fingerprint density at radius 2 is 1.67 bits per heavy atom. The average Bonchev–Trinajstić information content (AvgIpc) is 2.60. The second-order valence-corrected chi connectivity index (χ2v) is 5.50. The molecule has 24 heavy (non-hydrogen) atoms. The van der Waals surface area contributed by atoms with Gasteiger partial charge in [0.05, 0.1) is 20.3 Å². The quantitative estimate of drug-likeness (QED) is 0.559. The maximum atomic E-state index is 12.2. The van der Waals surface area contributed by atoms with E-state index in [4.69, 9.17) is 14.2 Å². The van der Waals surface area contributed by atoms with Crippen molar-refractivity contribution in [2.45, 2.75) is 20.0 Å². The minimum atomic E-state index is -0.0703. The Hall–Kier alpha value is -2.75. The summed E-state index contributed by atoms with van der Waals surface area (Å²) in [6.07, 6.45) is 3.37. The van der Waals surface area contributed by atoms with E-state index in [0.29, 0.717) is 17.1 Å². The Bertz CT molecular complexity index is 715. The number of hydrogen-bond donors (Lipinski definition) is 0. The maximum absolute atomic E-state index is 12.2. The molecule has 0 atom stereocenters. The third kappa shape index (κ3) is 4.62. The summed E-state index contributed by atoms with van der Waals surface area (Å²) in [7, 11) is 3.19. The van der Waals surface area contributed by atoms with Crippen LogP contribution in [0.1, 0.15) is 29.8 Å². The van der Waals surface area contributed by atoms with Crippen molar-refractivity contribution >= 4 is 11.9 Å². The van der Waals surface area contributed by atoms with Gasteiger partial charge in [-0.3, -0.25) is 4.79 Å². The first kappa shape index (κ1) is 17.6. The number of rotatable bonds is 7. The highest BCUT2D eigenvalue weighted by Gasteiger charge is 2.07. The summed E-state index contributed by atoms with van der Waals surface area (Å²) in [4.78, 5) is 12.2. The van der Waals surface area contributed by atoms with Gasteiger partial charge < -0.3 is 14.2 Å². The van der Waals surface area contributed by atoms with Crippen molar-refractivity contribution < 1.29 is 19.0 Å². The van der Waals surface area contributed by atoms with Crippen LogP contribution in [0.5, 0.6) is 17.2 Å². The monoisotopic (exact) mass is 326 g/mol. The van der Waals surface area contributed by atoms with E-state index in [1.54, 1.807) is 50.6 Å². The van der Waals surface area contributed by atoms with Gasteiger partial charge in [-0.2, -0.15) is 0 Å². The summed E-state index contributed by atoms with van der Waals surface area (Å²) < 4.78 is 16.1. The van der Waals surface area contributed by atoms with Crippen molar-refractivity contribution in [2.75, 3.05) is 14.2 Å². The second-order valence-electron chi connectivity index (χ2n) is 5.50. The molecular formula is C20H22O4. The van der Waals surface area contributed by atoms with Crippen molar-refractivity contribution in [1.82, 2.24) is 0 Å². The predicted molar refractivity (Wildman–Crippen MR) is 95.1 cm³/mol. The lowest BCUT2D eigenvalue weighted by atomic mass is 10.1. The van der Waals surface area contributed by atoms with Gasteiger partial charge >= 0.3 is 0 Å². The minimum Gasteiger partial charge on any atom is -0.497 e. The van der Waals surface area contributed by atoms with Crippen molar-refractivity contribution in [1.29, 1.82) is 0 Å². The van der Waals surface area contributed by atoms with Gasteiger partial charge in [0.15, 0.2) is 17.3 Å². The van der Waals surface area contributed by atoms with E-state index in [1.807, 2.05) is 32.0 Å². The Labute approximate surface area is 142 Å². The van der Waals surface area contributed by atoms with E-state index >= 15 is 0 Å². The smallest absolute Gasteiger partial charge is 0.185 e. The Morgan fingerprint density at radius 3 is 2.25 bits per heavy atom. The molecule has 0 saturated heterocycles. The van der Waals surface area contributed by atoms with Crippen LogP contribution in [-0.2, 0) is 0 Å². The molecule has 0 radical (unpaired) electrons. The molecule has 0 aliphatic rings. The summed E-state index contributed by atoms with van der Waals surface area (Å²) >= 11 is 0. The van der Waals surface area contributed by atoms with Crippen molar-refractivity contribution in [2.24, 2.45) is 0 Å². The van der Waals surface area contributed by atoms with Crippen LogP contribution in [0, 0.1) is 0 Å². The number of carbonyl (C=O) groups is 1. The van der Waals surface area contributed by atoms with Gasteiger partial charge in [0, 0.05) is 5.56 Å². The van der Waals surface area contributed by atoms with Crippen LogP contribution in [0.2, 0.25) is 0 Å². The normalized spacial score (nSPS) is 10.9. The number of ether oxygens (including phenoxy) is 3. The molecule has 0 aliphatic heterocycles. The summed E-state index contributed by atoms with van der Waals surface area (Å²) in [5, 5.41) is 0. The van der Waals surface area contributed by atoms with E-state index in [0.717, 1.165) is 11.3 Å². The molecule has 2 aromatic rings. The molecule has 0 fully saturated rings. The fourth-order valence-corrected chi connectivity index (χ4v) is 2.16. The highest BCUT2D eigenvalue weighted by molar-refractivity contribution is 6.06. The molecule has 0 spiro atoms. The maximum Gasteiger partial charge on any atom is 0.185 e. The molecule has 126 valence electrons. The molecule has 0 aromatic heterocycles. The lowest BCUT2D eigenvalue weighted by Gasteiger charge is -2.13. The van der Waals surface area contributed by atoms with Crippen LogP contribution in [0.15, 0.2) is 48.5 Å². The summed E-state index contributed by atoms with van der Waals surface area (Å²) in [5.41, 5.74) is 1.48. The van der Waals surface area contributed by atoms with Gasteiger partial charge in [-0.05, 0) is 61.9 Å². The first-order valence-electron chi connectivity index (χ1n) is 7.74. The Balaban J connectivity index is 2.14. The number of methoxy groups -OCH3 is 2. The highest BCUT2D eigenvalue weighted by atomic mass is 16.5. The molecule has 0 N–H and O–H groups in total. The number of hydrogen-bond acceptors (Lipinski definition) is 4. The summed E-state index contributed by atoms with van der Waals surface area (Å²) in [6, 6.07) is 12.6. The zero-order chi connectivity index (χ0) is 17.5. The van der Waals surface area contributed by atoms with Gasteiger partial charge in [-0.15, -0.1) is 0 Å². The van der Waals surface area contributed by atoms with Crippen LogP contribution in [0.4, 0.5) is 0 Å². The van der Waals surface area contributed by atoms with Crippen molar-refractivity contribution in [3.8, 4) is 17.2 Å². The second kappa shape index (κ2) is 8.20. The molecule has 4 nitrogen and oxygen atoms in total. The first-order valence-corrected chi connectivity index (χ1v) is 7.74. The molecule has 2 aromatic carbocycles. The number of ketones is 1. The Morgan fingerprint density at radius 1 is 0.958 bits per heavy atom. The Kier molecular flexibility index (Phi) is 6.01. The van der Waals surface area contributed by atoms with Crippen LogP contribution in [0.25, 0.3) is 6.08 Å². The molecule has 0 amide bonds. The van der Waals surface area contributed by atoms with Crippen LogP contribution in [0.3, 0.4) is 0 Å². The first-order chi connectivity index (χ1) is 11.5. The minimum absolute atomic E-state index is 0.0666. The van der Waals surface area contributed by atoms with Gasteiger partial charge in [0.1, 0.15) is 5.75 Å². The van der Waals surface area contributed by atoms with Gasteiger partial charge in [-0.25, -0.2) is 0 Å². The lowest BCUT2D eigenvalue weighted by molar-refractivity contribution is 0.104. The number of benzene rings is 2. The van der Waals surface area contributed by atoms with Crippen molar-refractivity contribution in [3.05, 3.63) is 59.7 Å². The van der Waals surface area contributed by atoms with E-state index < -0.39 is 0 Å². The van der Waals surface area contributed by atoms with Crippen LogP contribution >= 0.6 is 0 Å². The third-order valence-corrected chi connectivity index (χ3v) is 3.35. The van der Waals surface area contributed by atoms with E-state index in [2.05, 4.69) is 0 Å². The van der Waals surface area contributed by atoms with Gasteiger partial charge in [-0.1, -0.05) is 12.1 Å². The molecule has 0 aliphatic carbocycles. The molecule has 0 heterocycles. The highest BCUT2D eigenvalue weighted by Crippen LogP contribution is 2.29. The van der Waals surface area contributed by atoms with E-state index in [-0.39, 0.29) is 11.9 Å². The zero-order valence-electron chi connectivity index (χ0n) is 14.4. The van der Waals surface area contributed by atoms with E-state index in [1.165, 1.54) is 0 Å². The molecule has 4 heteroatoms. The molecule has 0 bridgehead atoms. The van der Waals surface area contributed by atoms with Gasteiger partial charge in [0.25, 0.3) is 0 Å². The zero-order valence-corrected chi connectivity index (χ0v) is 14.4. The lowest BCUT2D eigenvalue weighted by Crippen LogP contribution is -2.06. The fraction of sp³-hybridized carbons (Fsp3) is 0.250. The standard InChI is InChI=1S/C20H22O4/c1-14(2)24-19-12-6-15(13-20(19)23-4)5-11-18(21)16-7-9-17(22-3)10-8-16/h5-14H,1-4H3/b11-5+. The molecular weight excluding hydrogens is 304 g/mol. The summed E-state index contributed by atoms with van der Waals surface area (Å²) in [5.74, 6) is 1.98. The largest absolute Gasteiger partial charge is 0.497 e. The topological polar surface area (TPSA) is 44.8 Å². The van der Waals surface area contributed by atoms with Crippen molar-refractivity contribution in [3.63, 3.8) is 0 Å².